The summed E-state index contributed by atoms with van der Waals surface area (Å²) in [5.41, 5.74) is 0. The molecule has 1 heterocycles. The van der Waals surface area contributed by atoms with Crippen molar-refractivity contribution in [3.8, 4) is 0 Å². The van der Waals surface area contributed by atoms with Crippen molar-refractivity contribution in [2.45, 2.75) is 64.3 Å². The first-order valence-corrected chi connectivity index (χ1v) is 6.65. The Bertz CT molecular complexity index is 159. The fourth-order valence-electron chi connectivity index (χ4n) is 3.46. The van der Waals surface area contributed by atoms with E-state index in [0.717, 1.165) is 17.9 Å². The van der Waals surface area contributed by atoms with Gasteiger partial charge in [-0.15, -0.1) is 0 Å². The van der Waals surface area contributed by atoms with Gasteiger partial charge in [0.15, 0.2) is 0 Å². The van der Waals surface area contributed by atoms with Gasteiger partial charge in [0.05, 0.1) is 0 Å². The van der Waals surface area contributed by atoms with Crippen LogP contribution < -0.4 is 5.32 Å². The molecule has 2 aliphatic rings. The van der Waals surface area contributed by atoms with Crippen molar-refractivity contribution in [2.75, 3.05) is 6.54 Å². The van der Waals surface area contributed by atoms with Crippen LogP contribution in [-0.2, 0) is 0 Å². The van der Waals surface area contributed by atoms with Crippen LogP contribution in [0.15, 0.2) is 0 Å². The molecule has 2 unspecified atom stereocenters. The van der Waals surface area contributed by atoms with Crippen molar-refractivity contribution >= 4 is 0 Å². The van der Waals surface area contributed by atoms with E-state index in [4.69, 9.17) is 0 Å². The van der Waals surface area contributed by atoms with Gasteiger partial charge < -0.3 is 5.32 Å². The van der Waals surface area contributed by atoms with E-state index in [2.05, 4.69) is 12.2 Å². The van der Waals surface area contributed by atoms with Gasteiger partial charge >= 0.3 is 0 Å². The second kappa shape index (κ2) is 5.16. The zero-order valence-electron chi connectivity index (χ0n) is 9.60. The van der Waals surface area contributed by atoms with Crippen molar-refractivity contribution in [2.24, 2.45) is 11.8 Å². The van der Waals surface area contributed by atoms with E-state index in [0.29, 0.717) is 0 Å². The van der Waals surface area contributed by atoms with Crippen LogP contribution in [0.4, 0.5) is 0 Å². The third-order valence-corrected chi connectivity index (χ3v) is 4.34. The number of hydrogen-bond acceptors (Lipinski definition) is 1. The summed E-state index contributed by atoms with van der Waals surface area (Å²) in [5, 5.41) is 3.76. The minimum Gasteiger partial charge on any atom is -0.313 e. The Morgan fingerprint density at radius 2 is 1.71 bits per heavy atom. The molecule has 14 heavy (non-hydrogen) atoms. The third kappa shape index (κ3) is 2.31. The number of nitrogens with one attached hydrogen (secondary N) is 1. The van der Waals surface area contributed by atoms with Gasteiger partial charge in [-0.25, -0.2) is 0 Å². The summed E-state index contributed by atoms with van der Waals surface area (Å²) in [6, 6.07) is 0.873. The number of hydrogen-bond donors (Lipinski definition) is 1. The van der Waals surface area contributed by atoms with Crippen LogP contribution in [0.3, 0.4) is 0 Å². The number of rotatable bonds is 2. The normalized spacial score (nSPS) is 35.8. The SMILES string of the molecule is CCC1CCNC1C1CCCCCC1. The van der Waals surface area contributed by atoms with Crippen LogP contribution in [0.2, 0.25) is 0 Å². The van der Waals surface area contributed by atoms with Gasteiger partial charge in [-0.2, -0.15) is 0 Å². The van der Waals surface area contributed by atoms with Crippen LogP contribution in [0.1, 0.15) is 58.3 Å². The lowest BCUT2D eigenvalue weighted by Crippen LogP contribution is -2.34. The summed E-state index contributed by atoms with van der Waals surface area (Å²) in [7, 11) is 0. The van der Waals surface area contributed by atoms with E-state index in [1.807, 2.05) is 0 Å². The predicted octanol–water partition coefficient (Wildman–Crippen LogP) is 3.34. The maximum absolute atomic E-state index is 3.76. The fraction of sp³-hybridized carbons (Fsp3) is 1.00. The highest BCUT2D eigenvalue weighted by atomic mass is 15.0. The van der Waals surface area contributed by atoms with Gasteiger partial charge in [0.25, 0.3) is 0 Å². The van der Waals surface area contributed by atoms with Gasteiger partial charge in [0.2, 0.25) is 0 Å². The molecule has 0 aromatic rings. The first-order valence-electron chi connectivity index (χ1n) is 6.65. The highest BCUT2D eigenvalue weighted by Crippen LogP contribution is 2.33. The zero-order valence-corrected chi connectivity index (χ0v) is 9.60. The quantitative estimate of drug-likeness (QED) is 0.666. The highest BCUT2D eigenvalue weighted by Gasteiger charge is 2.31. The van der Waals surface area contributed by atoms with Crippen molar-refractivity contribution < 1.29 is 0 Å². The highest BCUT2D eigenvalue weighted by molar-refractivity contribution is 4.88. The molecule has 1 nitrogen and oxygen atoms in total. The molecule has 0 aromatic carbocycles. The topological polar surface area (TPSA) is 12.0 Å². The first kappa shape index (κ1) is 10.5. The minimum absolute atomic E-state index is 0.873. The minimum atomic E-state index is 0.873. The molecule has 0 aromatic heterocycles. The van der Waals surface area contributed by atoms with Gasteiger partial charge in [0.1, 0.15) is 0 Å². The van der Waals surface area contributed by atoms with Crippen LogP contribution in [0.25, 0.3) is 0 Å². The molecule has 1 heteroatoms. The zero-order chi connectivity index (χ0) is 9.80. The molecule has 1 saturated carbocycles. The molecule has 2 rings (SSSR count). The van der Waals surface area contributed by atoms with Crippen LogP contribution >= 0.6 is 0 Å². The molecule has 1 aliphatic heterocycles. The summed E-state index contributed by atoms with van der Waals surface area (Å²) in [6.45, 7) is 3.64. The Morgan fingerprint density at radius 3 is 2.36 bits per heavy atom. The summed E-state index contributed by atoms with van der Waals surface area (Å²) >= 11 is 0. The molecule has 1 saturated heterocycles. The average Bonchev–Trinajstić information content (AvgIpc) is 2.52. The Balaban J connectivity index is 1.91. The molecular weight excluding hydrogens is 170 g/mol. The lowest BCUT2D eigenvalue weighted by molar-refractivity contribution is 0.283. The molecule has 0 spiro atoms. The Morgan fingerprint density at radius 1 is 1.00 bits per heavy atom. The molecule has 0 radical (unpaired) electrons. The lowest BCUT2D eigenvalue weighted by atomic mass is 9.83. The third-order valence-electron chi connectivity index (χ3n) is 4.34. The molecule has 82 valence electrons. The summed E-state index contributed by atoms with van der Waals surface area (Å²) in [6.07, 6.45) is 11.7. The summed E-state index contributed by atoms with van der Waals surface area (Å²) in [4.78, 5) is 0. The largest absolute Gasteiger partial charge is 0.313 e. The Hall–Kier alpha value is -0.0400. The predicted molar refractivity (Wildman–Crippen MR) is 61.4 cm³/mol. The smallest absolute Gasteiger partial charge is 0.0124 e. The van der Waals surface area contributed by atoms with E-state index < -0.39 is 0 Å². The van der Waals surface area contributed by atoms with E-state index in [9.17, 15) is 0 Å². The molecule has 2 fully saturated rings. The second-order valence-corrected chi connectivity index (χ2v) is 5.19. The van der Waals surface area contributed by atoms with Crippen molar-refractivity contribution in [3.63, 3.8) is 0 Å². The average molecular weight is 195 g/mol. The molecular formula is C13H25N. The van der Waals surface area contributed by atoms with E-state index in [-0.39, 0.29) is 0 Å². The van der Waals surface area contributed by atoms with E-state index in [1.165, 1.54) is 57.9 Å². The van der Waals surface area contributed by atoms with Crippen molar-refractivity contribution in [1.29, 1.82) is 0 Å². The van der Waals surface area contributed by atoms with Crippen molar-refractivity contribution in [3.05, 3.63) is 0 Å². The Labute approximate surface area is 88.7 Å². The standard InChI is InChI=1S/C13H25N/c1-2-11-9-10-14-13(11)12-7-5-3-4-6-8-12/h11-14H,2-10H2,1H3. The van der Waals surface area contributed by atoms with Crippen LogP contribution in [-0.4, -0.2) is 12.6 Å². The maximum atomic E-state index is 3.76. The molecule has 1 N–H and O–H groups in total. The molecule has 1 aliphatic carbocycles. The molecule has 2 atom stereocenters. The summed E-state index contributed by atoms with van der Waals surface area (Å²) < 4.78 is 0. The van der Waals surface area contributed by atoms with Gasteiger partial charge in [-0.05, 0) is 37.6 Å². The van der Waals surface area contributed by atoms with E-state index in [1.54, 1.807) is 0 Å². The lowest BCUT2D eigenvalue weighted by Gasteiger charge is -2.27. The summed E-state index contributed by atoms with van der Waals surface area (Å²) in [5.74, 6) is 1.99. The van der Waals surface area contributed by atoms with Gasteiger partial charge in [0, 0.05) is 6.04 Å². The van der Waals surface area contributed by atoms with Gasteiger partial charge in [-0.1, -0.05) is 39.0 Å². The Kier molecular flexibility index (Phi) is 3.86. The van der Waals surface area contributed by atoms with Crippen LogP contribution in [0.5, 0.6) is 0 Å². The van der Waals surface area contributed by atoms with Crippen molar-refractivity contribution in [1.82, 2.24) is 5.32 Å². The van der Waals surface area contributed by atoms with Gasteiger partial charge in [-0.3, -0.25) is 0 Å². The maximum Gasteiger partial charge on any atom is 0.0124 e. The first-order chi connectivity index (χ1) is 6.92. The molecule has 0 amide bonds. The molecule has 0 bridgehead atoms. The van der Waals surface area contributed by atoms with E-state index >= 15 is 0 Å². The monoisotopic (exact) mass is 195 g/mol. The fourth-order valence-corrected chi connectivity index (χ4v) is 3.46. The second-order valence-electron chi connectivity index (χ2n) is 5.19. The van der Waals surface area contributed by atoms with Crippen LogP contribution in [0, 0.1) is 11.8 Å².